The van der Waals surface area contributed by atoms with Crippen LogP contribution in [0.3, 0.4) is 0 Å². The minimum Gasteiger partial charge on any atom is -0.355 e. The minimum absolute atomic E-state index is 0.0827. The van der Waals surface area contributed by atoms with Crippen LogP contribution in [0.2, 0.25) is 0 Å². The van der Waals surface area contributed by atoms with Crippen molar-refractivity contribution in [3.63, 3.8) is 0 Å². The molecule has 2 amide bonds. The van der Waals surface area contributed by atoms with Gasteiger partial charge in [0.1, 0.15) is 0 Å². The van der Waals surface area contributed by atoms with Crippen LogP contribution in [0.4, 0.5) is 10.8 Å². The van der Waals surface area contributed by atoms with Crippen molar-refractivity contribution in [3.05, 3.63) is 29.3 Å². The highest BCUT2D eigenvalue weighted by molar-refractivity contribution is 8.01. The number of thioether (sulfide) groups is 1. The molecule has 2 N–H and O–H groups in total. The van der Waals surface area contributed by atoms with Gasteiger partial charge in [0.15, 0.2) is 4.34 Å². The highest BCUT2D eigenvalue weighted by atomic mass is 32.2. The molecule has 1 heterocycles. The van der Waals surface area contributed by atoms with E-state index in [9.17, 15) is 9.59 Å². The molecule has 1 aromatic carbocycles. The second kappa shape index (κ2) is 10.3. The van der Waals surface area contributed by atoms with Crippen LogP contribution in [0.15, 0.2) is 22.5 Å². The fraction of sp³-hybridized carbons (Fsp3) is 0.444. The van der Waals surface area contributed by atoms with Gasteiger partial charge in [0.2, 0.25) is 16.9 Å². The molecule has 0 aliphatic carbocycles. The van der Waals surface area contributed by atoms with Gasteiger partial charge >= 0.3 is 0 Å². The Balaban J connectivity index is 1.89. The molecule has 146 valence electrons. The summed E-state index contributed by atoms with van der Waals surface area (Å²) in [6, 6.07) is 6.16. The molecule has 7 nitrogen and oxygen atoms in total. The summed E-state index contributed by atoms with van der Waals surface area (Å²) in [4.78, 5) is 25.5. The maximum Gasteiger partial charge on any atom is 0.239 e. The summed E-state index contributed by atoms with van der Waals surface area (Å²) >= 11 is 2.74. The standard InChI is InChI=1S/C18H25N5O2S2/c1-5-19-15(24)10-23(6-2)16(25)11-26-18-22-21-17(27-18)20-14-8-7-12(3)9-13(14)4/h7-9H,5-6,10-11H2,1-4H3,(H,19,24)(H,20,21). The van der Waals surface area contributed by atoms with Crippen molar-refractivity contribution < 1.29 is 9.59 Å². The first kappa shape index (κ1) is 21.2. The van der Waals surface area contributed by atoms with Gasteiger partial charge in [-0.25, -0.2) is 0 Å². The molecule has 1 aromatic heterocycles. The fourth-order valence-electron chi connectivity index (χ4n) is 2.41. The second-order valence-corrected chi connectivity index (χ2v) is 8.17. The van der Waals surface area contributed by atoms with Crippen LogP contribution in [0.5, 0.6) is 0 Å². The Bertz CT molecular complexity index is 794. The van der Waals surface area contributed by atoms with E-state index < -0.39 is 0 Å². The molecule has 0 bridgehead atoms. The third-order valence-electron chi connectivity index (χ3n) is 3.79. The molecule has 0 saturated heterocycles. The Hall–Kier alpha value is -2.13. The first-order valence-corrected chi connectivity index (χ1v) is 10.6. The number of aromatic nitrogens is 2. The van der Waals surface area contributed by atoms with Crippen LogP contribution in [-0.2, 0) is 9.59 Å². The van der Waals surface area contributed by atoms with Crippen LogP contribution < -0.4 is 10.6 Å². The summed E-state index contributed by atoms with van der Waals surface area (Å²) in [7, 11) is 0. The molecular weight excluding hydrogens is 382 g/mol. The number of nitrogens with zero attached hydrogens (tertiary/aromatic N) is 3. The van der Waals surface area contributed by atoms with Crippen LogP contribution >= 0.6 is 23.1 Å². The third kappa shape index (κ3) is 6.51. The number of benzene rings is 1. The van der Waals surface area contributed by atoms with E-state index >= 15 is 0 Å². The molecule has 0 unspecified atom stereocenters. The van der Waals surface area contributed by atoms with E-state index in [1.165, 1.54) is 33.6 Å². The first-order valence-electron chi connectivity index (χ1n) is 8.78. The number of anilines is 2. The topological polar surface area (TPSA) is 87.2 Å². The molecule has 0 spiro atoms. The van der Waals surface area contributed by atoms with E-state index in [-0.39, 0.29) is 24.1 Å². The van der Waals surface area contributed by atoms with Gasteiger partial charge in [-0.15, -0.1) is 10.2 Å². The largest absolute Gasteiger partial charge is 0.355 e. The SMILES string of the molecule is CCNC(=O)CN(CC)C(=O)CSc1nnc(Nc2ccc(C)cc2C)s1. The maximum absolute atomic E-state index is 12.3. The van der Waals surface area contributed by atoms with Gasteiger partial charge in [-0.1, -0.05) is 40.8 Å². The monoisotopic (exact) mass is 407 g/mol. The van der Waals surface area contributed by atoms with E-state index in [1.807, 2.05) is 32.9 Å². The van der Waals surface area contributed by atoms with Crippen molar-refractivity contribution in [2.24, 2.45) is 0 Å². The molecule has 0 aliphatic heterocycles. The van der Waals surface area contributed by atoms with E-state index in [0.717, 1.165) is 11.3 Å². The summed E-state index contributed by atoms with van der Waals surface area (Å²) < 4.78 is 0.713. The average Bonchev–Trinajstić information content (AvgIpc) is 3.08. The Kier molecular flexibility index (Phi) is 8.05. The molecule has 0 fully saturated rings. The molecule has 2 rings (SSSR count). The zero-order valence-electron chi connectivity index (χ0n) is 16.0. The van der Waals surface area contributed by atoms with Crippen molar-refractivity contribution in [1.29, 1.82) is 0 Å². The van der Waals surface area contributed by atoms with Crippen molar-refractivity contribution in [2.75, 3.05) is 30.7 Å². The van der Waals surface area contributed by atoms with E-state index in [4.69, 9.17) is 0 Å². The van der Waals surface area contributed by atoms with Gasteiger partial charge in [0.25, 0.3) is 0 Å². The maximum atomic E-state index is 12.3. The summed E-state index contributed by atoms with van der Waals surface area (Å²) in [5.41, 5.74) is 3.33. The number of nitrogens with one attached hydrogen (secondary N) is 2. The zero-order chi connectivity index (χ0) is 19.8. The molecule has 0 saturated carbocycles. The molecule has 0 aliphatic rings. The lowest BCUT2D eigenvalue weighted by molar-refractivity contribution is -0.133. The fourth-order valence-corrected chi connectivity index (χ4v) is 4.07. The van der Waals surface area contributed by atoms with Gasteiger partial charge in [-0.05, 0) is 39.3 Å². The van der Waals surface area contributed by atoms with Crippen molar-refractivity contribution in [3.8, 4) is 0 Å². The van der Waals surface area contributed by atoms with Crippen molar-refractivity contribution in [2.45, 2.75) is 32.0 Å². The predicted molar refractivity (Wildman–Crippen MR) is 111 cm³/mol. The lowest BCUT2D eigenvalue weighted by Crippen LogP contribution is -2.41. The van der Waals surface area contributed by atoms with E-state index in [1.54, 1.807) is 0 Å². The van der Waals surface area contributed by atoms with E-state index in [2.05, 4.69) is 33.8 Å². The quantitative estimate of drug-likeness (QED) is 0.622. The Morgan fingerprint density at radius 3 is 2.67 bits per heavy atom. The van der Waals surface area contributed by atoms with Gasteiger partial charge in [-0.2, -0.15) is 0 Å². The molecule has 0 radical (unpaired) electrons. The molecule has 0 atom stereocenters. The lowest BCUT2D eigenvalue weighted by atomic mass is 10.1. The number of likely N-dealkylation sites (N-methyl/N-ethyl adjacent to an activating group) is 2. The van der Waals surface area contributed by atoms with Gasteiger partial charge < -0.3 is 15.5 Å². The second-order valence-electron chi connectivity index (χ2n) is 5.97. The van der Waals surface area contributed by atoms with Gasteiger partial charge in [-0.3, -0.25) is 9.59 Å². The van der Waals surface area contributed by atoms with Crippen LogP contribution in [0, 0.1) is 13.8 Å². The third-order valence-corrected chi connectivity index (χ3v) is 5.75. The first-order chi connectivity index (χ1) is 12.9. The molecule has 2 aromatic rings. The normalized spacial score (nSPS) is 10.5. The van der Waals surface area contributed by atoms with Crippen LogP contribution in [0.1, 0.15) is 25.0 Å². The highest BCUT2D eigenvalue weighted by Crippen LogP contribution is 2.29. The number of rotatable bonds is 9. The highest BCUT2D eigenvalue weighted by Gasteiger charge is 2.16. The van der Waals surface area contributed by atoms with Crippen molar-refractivity contribution >= 4 is 45.7 Å². The summed E-state index contributed by atoms with van der Waals surface area (Å²) in [6.07, 6.45) is 0. The Labute approximate surface area is 167 Å². The van der Waals surface area contributed by atoms with Crippen molar-refractivity contribution in [1.82, 2.24) is 20.4 Å². The zero-order valence-corrected chi connectivity index (χ0v) is 17.7. The number of carbonyl (C=O) groups is 2. The number of amides is 2. The number of aryl methyl sites for hydroxylation is 2. The number of carbonyl (C=O) groups excluding carboxylic acids is 2. The summed E-state index contributed by atoms with van der Waals surface area (Å²) in [5.74, 6) is -0.00719. The summed E-state index contributed by atoms with van der Waals surface area (Å²) in [6.45, 7) is 8.94. The smallest absolute Gasteiger partial charge is 0.239 e. The molecule has 27 heavy (non-hydrogen) atoms. The Morgan fingerprint density at radius 1 is 1.22 bits per heavy atom. The lowest BCUT2D eigenvalue weighted by Gasteiger charge is -2.19. The van der Waals surface area contributed by atoms with Gasteiger partial charge in [0.05, 0.1) is 12.3 Å². The summed E-state index contributed by atoms with van der Waals surface area (Å²) in [5, 5.41) is 14.9. The Morgan fingerprint density at radius 2 is 2.00 bits per heavy atom. The minimum atomic E-state index is -0.145. The predicted octanol–water partition coefficient (Wildman–Crippen LogP) is 2.98. The molecular formula is C18H25N5O2S2. The van der Waals surface area contributed by atoms with Crippen LogP contribution in [-0.4, -0.2) is 52.3 Å². The van der Waals surface area contributed by atoms with Gasteiger partial charge in [0, 0.05) is 18.8 Å². The molecule has 9 heteroatoms. The van der Waals surface area contributed by atoms with E-state index in [0.29, 0.717) is 22.6 Å². The average molecular weight is 408 g/mol. The number of hydrogen-bond acceptors (Lipinski definition) is 7. The number of hydrogen-bond donors (Lipinski definition) is 2. The van der Waals surface area contributed by atoms with Crippen LogP contribution in [0.25, 0.3) is 0 Å².